The number of carbonyl (C=O) groups is 2. The highest BCUT2D eigenvalue weighted by Gasteiger charge is 2.16. The number of carbonyl (C=O) groups excluding carboxylic acids is 1. The van der Waals surface area contributed by atoms with Gasteiger partial charge in [0.1, 0.15) is 6.04 Å². The maximum absolute atomic E-state index is 11.1. The van der Waals surface area contributed by atoms with Crippen LogP contribution in [0.1, 0.15) is 19.8 Å². The first-order chi connectivity index (χ1) is 6.49. The molecule has 0 spiro atoms. The molecule has 0 aromatic heterocycles. The molecule has 1 unspecified atom stereocenters. The molecule has 0 aliphatic heterocycles. The van der Waals surface area contributed by atoms with Crippen molar-refractivity contribution < 1.29 is 14.7 Å². The minimum Gasteiger partial charge on any atom is -0.480 e. The molecule has 0 saturated heterocycles. The normalized spacial score (nSPS) is 12.2. The van der Waals surface area contributed by atoms with E-state index in [4.69, 9.17) is 5.11 Å². The predicted molar refractivity (Wildman–Crippen MR) is 53.0 cm³/mol. The summed E-state index contributed by atoms with van der Waals surface area (Å²) in [6.45, 7) is 1.98. The lowest BCUT2D eigenvalue weighted by Gasteiger charge is -2.15. The number of nitrogens with one attached hydrogen (secondary N) is 1. The molecular weight excluding hydrogens is 184 g/mol. The summed E-state index contributed by atoms with van der Waals surface area (Å²) in [6.07, 6.45) is 1.32. The number of hydrogen-bond donors (Lipinski definition) is 2. The predicted octanol–water partition coefficient (Wildman–Crippen LogP) is -0.0825. The zero-order valence-corrected chi connectivity index (χ0v) is 8.91. The van der Waals surface area contributed by atoms with Crippen molar-refractivity contribution in [2.24, 2.45) is 0 Å². The molecule has 5 nitrogen and oxygen atoms in total. The van der Waals surface area contributed by atoms with E-state index in [-0.39, 0.29) is 12.5 Å². The molecule has 5 heteroatoms. The van der Waals surface area contributed by atoms with Gasteiger partial charge in [-0.25, -0.2) is 0 Å². The maximum Gasteiger partial charge on any atom is 0.320 e. The molecule has 0 radical (unpaired) electrons. The van der Waals surface area contributed by atoms with Crippen molar-refractivity contribution >= 4 is 11.9 Å². The largest absolute Gasteiger partial charge is 0.480 e. The van der Waals surface area contributed by atoms with Gasteiger partial charge in [0, 0.05) is 14.1 Å². The monoisotopic (exact) mass is 202 g/mol. The zero-order chi connectivity index (χ0) is 11.1. The first-order valence-electron chi connectivity index (χ1n) is 4.65. The highest BCUT2D eigenvalue weighted by Crippen LogP contribution is 1.96. The third-order valence-electron chi connectivity index (χ3n) is 1.87. The summed E-state index contributed by atoms with van der Waals surface area (Å²) in [4.78, 5) is 23.3. The second-order valence-corrected chi connectivity index (χ2v) is 3.35. The molecule has 0 bridgehead atoms. The summed E-state index contributed by atoms with van der Waals surface area (Å²) in [6, 6.07) is -0.621. The lowest BCUT2D eigenvalue weighted by molar-refractivity contribution is -0.139. The Hall–Kier alpha value is -1.10. The van der Waals surface area contributed by atoms with Crippen molar-refractivity contribution in [3.63, 3.8) is 0 Å². The van der Waals surface area contributed by atoms with Crippen LogP contribution in [0.2, 0.25) is 0 Å². The third kappa shape index (κ3) is 4.81. The molecule has 0 heterocycles. The maximum atomic E-state index is 11.1. The van der Waals surface area contributed by atoms with Gasteiger partial charge < -0.3 is 10.0 Å². The molecule has 0 aliphatic rings. The summed E-state index contributed by atoms with van der Waals surface area (Å²) >= 11 is 0. The summed E-state index contributed by atoms with van der Waals surface area (Å²) < 4.78 is 0. The van der Waals surface area contributed by atoms with E-state index in [1.807, 2.05) is 6.92 Å². The van der Waals surface area contributed by atoms with Crippen LogP contribution in [0.4, 0.5) is 0 Å². The van der Waals surface area contributed by atoms with Crippen molar-refractivity contribution in [1.29, 1.82) is 0 Å². The highest BCUT2D eigenvalue weighted by molar-refractivity contribution is 5.79. The van der Waals surface area contributed by atoms with Crippen LogP contribution < -0.4 is 5.32 Å². The highest BCUT2D eigenvalue weighted by atomic mass is 16.4. The van der Waals surface area contributed by atoms with Crippen LogP contribution in [0.3, 0.4) is 0 Å². The Kier molecular flexibility index (Phi) is 5.87. The van der Waals surface area contributed by atoms with Crippen LogP contribution in [-0.4, -0.2) is 48.6 Å². The van der Waals surface area contributed by atoms with E-state index in [1.54, 1.807) is 14.1 Å². The quantitative estimate of drug-likeness (QED) is 0.632. The first kappa shape index (κ1) is 12.9. The first-order valence-corrected chi connectivity index (χ1v) is 4.65. The van der Waals surface area contributed by atoms with Gasteiger partial charge in [0.15, 0.2) is 0 Å². The second-order valence-electron chi connectivity index (χ2n) is 3.35. The van der Waals surface area contributed by atoms with E-state index in [0.717, 1.165) is 6.42 Å². The molecule has 82 valence electrons. The minimum atomic E-state index is -0.904. The molecule has 0 rings (SSSR count). The number of aliphatic carboxylic acids is 1. The van der Waals surface area contributed by atoms with Gasteiger partial charge in [0.2, 0.25) is 5.91 Å². The fourth-order valence-electron chi connectivity index (χ4n) is 0.970. The Balaban J connectivity index is 3.93. The fourth-order valence-corrected chi connectivity index (χ4v) is 0.970. The minimum absolute atomic E-state index is 0.0734. The van der Waals surface area contributed by atoms with E-state index >= 15 is 0 Å². The molecular formula is C9H18N2O3. The Bertz CT molecular complexity index is 204. The lowest BCUT2D eigenvalue weighted by atomic mass is 10.2. The van der Waals surface area contributed by atoms with E-state index < -0.39 is 12.0 Å². The smallest absolute Gasteiger partial charge is 0.320 e. The Morgan fingerprint density at radius 1 is 1.43 bits per heavy atom. The van der Waals surface area contributed by atoms with Crippen LogP contribution >= 0.6 is 0 Å². The molecule has 0 aromatic carbocycles. The summed E-state index contributed by atoms with van der Waals surface area (Å²) in [5.41, 5.74) is 0. The Morgan fingerprint density at radius 3 is 2.36 bits per heavy atom. The summed E-state index contributed by atoms with van der Waals surface area (Å²) in [5, 5.41) is 11.5. The van der Waals surface area contributed by atoms with Crippen LogP contribution in [0.5, 0.6) is 0 Å². The lowest BCUT2D eigenvalue weighted by Crippen LogP contribution is -2.42. The molecule has 0 aliphatic carbocycles. The van der Waals surface area contributed by atoms with Gasteiger partial charge in [-0.2, -0.15) is 0 Å². The van der Waals surface area contributed by atoms with Crippen LogP contribution in [0, 0.1) is 0 Å². The molecule has 1 atom stereocenters. The van der Waals surface area contributed by atoms with E-state index in [2.05, 4.69) is 5.32 Å². The molecule has 14 heavy (non-hydrogen) atoms. The third-order valence-corrected chi connectivity index (χ3v) is 1.87. The molecule has 0 fully saturated rings. The molecule has 1 amide bonds. The van der Waals surface area contributed by atoms with Gasteiger partial charge in [-0.1, -0.05) is 13.3 Å². The molecule has 0 saturated carbocycles. The number of amides is 1. The topological polar surface area (TPSA) is 69.6 Å². The van der Waals surface area contributed by atoms with Gasteiger partial charge in [-0.15, -0.1) is 0 Å². The molecule has 2 N–H and O–H groups in total. The van der Waals surface area contributed by atoms with Gasteiger partial charge >= 0.3 is 5.97 Å². The number of hydrogen-bond acceptors (Lipinski definition) is 3. The number of nitrogens with zero attached hydrogens (tertiary/aromatic N) is 1. The van der Waals surface area contributed by atoms with Crippen molar-refractivity contribution in [3.8, 4) is 0 Å². The van der Waals surface area contributed by atoms with E-state index in [1.165, 1.54) is 4.90 Å². The Labute approximate surface area is 84.1 Å². The Morgan fingerprint density at radius 2 is 2.00 bits per heavy atom. The van der Waals surface area contributed by atoms with E-state index in [9.17, 15) is 9.59 Å². The molecule has 0 aromatic rings. The average molecular weight is 202 g/mol. The van der Waals surface area contributed by atoms with Crippen LogP contribution in [0.25, 0.3) is 0 Å². The number of carboxylic acid groups (broad SMARTS) is 1. The van der Waals surface area contributed by atoms with Crippen molar-refractivity contribution in [2.45, 2.75) is 25.8 Å². The van der Waals surface area contributed by atoms with Crippen molar-refractivity contribution in [2.75, 3.05) is 20.6 Å². The SMILES string of the molecule is CCCC(NCC(=O)N(C)C)C(=O)O. The summed E-state index contributed by atoms with van der Waals surface area (Å²) in [5.74, 6) is -1.02. The number of carboxylic acids is 1. The van der Waals surface area contributed by atoms with Crippen molar-refractivity contribution in [1.82, 2.24) is 10.2 Å². The van der Waals surface area contributed by atoms with Gasteiger partial charge in [-0.3, -0.25) is 14.9 Å². The van der Waals surface area contributed by atoms with E-state index in [0.29, 0.717) is 6.42 Å². The fraction of sp³-hybridized carbons (Fsp3) is 0.778. The van der Waals surface area contributed by atoms with Gasteiger partial charge in [0.05, 0.1) is 6.54 Å². The van der Waals surface area contributed by atoms with Crippen LogP contribution in [-0.2, 0) is 9.59 Å². The zero-order valence-electron chi connectivity index (χ0n) is 8.91. The van der Waals surface area contributed by atoms with Crippen molar-refractivity contribution in [3.05, 3.63) is 0 Å². The van der Waals surface area contributed by atoms with Crippen LogP contribution in [0.15, 0.2) is 0 Å². The number of rotatable bonds is 6. The average Bonchev–Trinajstić information content (AvgIpc) is 2.10. The standard InChI is InChI=1S/C9H18N2O3/c1-4-5-7(9(13)14)10-6-8(12)11(2)3/h7,10H,4-6H2,1-3H3,(H,13,14). The van der Waals surface area contributed by atoms with Gasteiger partial charge in [0.25, 0.3) is 0 Å². The van der Waals surface area contributed by atoms with Gasteiger partial charge in [-0.05, 0) is 6.42 Å². The second kappa shape index (κ2) is 6.37. The number of likely N-dealkylation sites (N-methyl/N-ethyl adjacent to an activating group) is 1. The summed E-state index contributed by atoms with van der Waals surface area (Å²) in [7, 11) is 3.28.